The van der Waals surface area contributed by atoms with E-state index in [-0.39, 0.29) is 0 Å². The van der Waals surface area contributed by atoms with Gasteiger partial charge in [0.05, 0.1) is 0 Å². The molecule has 0 amide bonds. The Morgan fingerprint density at radius 3 is 2.85 bits per heavy atom. The molecular formula is C17H21N3. The van der Waals surface area contributed by atoms with E-state index in [0.29, 0.717) is 5.41 Å². The van der Waals surface area contributed by atoms with Crippen molar-refractivity contribution in [3.63, 3.8) is 0 Å². The molecule has 104 valence electrons. The van der Waals surface area contributed by atoms with E-state index in [9.17, 15) is 0 Å². The fourth-order valence-corrected chi connectivity index (χ4v) is 3.83. The molecule has 2 saturated heterocycles. The third kappa shape index (κ3) is 1.80. The van der Waals surface area contributed by atoms with Gasteiger partial charge in [-0.15, -0.1) is 0 Å². The summed E-state index contributed by atoms with van der Waals surface area (Å²) < 4.78 is 0. The van der Waals surface area contributed by atoms with Crippen LogP contribution in [0.5, 0.6) is 0 Å². The molecule has 0 saturated carbocycles. The highest BCUT2D eigenvalue weighted by Crippen LogP contribution is 2.39. The highest BCUT2D eigenvalue weighted by atomic mass is 15.2. The molecule has 1 aromatic carbocycles. The first-order valence-corrected chi connectivity index (χ1v) is 7.58. The van der Waals surface area contributed by atoms with Crippen LogP contribution in [0.2, 0.25) is 0 Å². The van der Waals surface area contributed by atoms with Crippen LogP contribution in [0.1, 0.15) is 18.4 Å². The number of anilines is 1. The summed E-state index contributed by atoms with van der Waals surface area (Å²) in [6.45, 7) is 6.79. The van der Waals surface area contributed by atoms with E-state index < -0.39 is 0 Å². The first-order chi connectivity index (χ1) is 9.77. The number of fused-ring (bicyclic) bond motifs is 1. The van der Waals surface area contributed by atoms with Crippen LogP contribution in [0.15, 0.2) is 30.5 Å². The monoisotopic (exact) mass is 267 g/mol. The molecule has 2 aromatic rings. The lowest BCUT2D eigenvalue weighted by atomic mass is 9.86. The van der Waals surface area contributed by atoms with Gasteiger partial charge in [0.2, 0.25) is 0 Å². The second-order valence-electron chi connectivity index (χ2n) is 6.41. The van der Waals surface area contributed by atoms with Crippen LogP contribution in [-0.4, -0.2) is 31.2 Å². The zero-order valence-corrected chi connectivity index (χ0v) is 12.0. The molecule has 3 heteroatoms. The van der Waals surface area contributed by atoms with Crippen LogP contribution in [0.4, 0.5) is 5.82 Å². The third-order valence-corrected chi connectivity index (χ3v) is 5.04. The number of hydrogen-bond acceptors (Lipinski definition) is 3. The molecular weight excluding hydrogens is 246 g/mol. The highest BCUT2D eigenvalue weighted by Gasteiger charge is 2.40. The van der Waals surface area contributed by atoms with Crippen LogP contribution in [0.3, 0.4) is 0 Å². The zero-order chi connectivity index (χ0) is 13.6. The maximum atomic E-state index is 4.75. The van der Waals surface area contributed by atoms with Gasteiger partial charge in [0, 0.05) is 36.6 Å². The molecule has 2 aliphatic heterocycles. The van der Waals surface area contributed by atoms with Crippen molar-refractivity contribution in [3.05, 3.63) is 36.0 Å². The summed E-state index contributed by atoms with van der Waals surface area (Å²) in [5, 5.41) is 6.16. The van der Waals surface area contributed by atoms with Crippen LogP contribution in [-0.2, 0) is 0 Å². The standard InChI is InChI=1S/C17H21N3/c1-13-10-19-16(15-5-3-2-4-14(13)15)20-9-7-17(12-20)6-8-18-11-17/h2-5,10,18H,6-9,11-12H2,1H3. The summed E-state index contributed by atoms with van der Waals surface area (Å²) in [4.78, 5) is 7.24. The van der Waals surface area contributed by atoms with Crippen molar-refractivity contribution in [1.82, 2.24) is 10.3 Å². The minimum Gasteiger partial charge on any atom is -0.355 e. The van der Waals surface area contributed by atoms with E-state index >= 15 is 0 Å². The number of nitrogens with zero attached hydrogens (tertiary/aromatic N) is 2. The molecule has 1 spiro atoms. The lowest BCUT2D eigenvalue weighted by Gasteiger charge is -2.24. The molecule has 20 heavy (non-hydrogen) atoms. The van der Waals surface area contributed by atoms with Gasteiger partial charge in [-0.05, 0) is 37.3 Å². The second-order valence-corrected chi connectivity index (χ2v) is 6.41. The minimum atomic E-state index is 0.494. The number of rotatable bonds is 1. The molecule has 0 bridgehead atoms. The fraction of sp³-hybridized carbons (Fsp3) is 0.471. The molecule has 3 nitrogen and oxygen atoms in total. The van der Waals surface area contributed by atoms with E-state index in [4.69, 9.17) is 4.98 Å². The van der Waals surface area contributed by atoms with Gasteiger partial charge in [0.25, 0.3) is 0 Å². The summed E-state index contributed by atoms with van der Waals surface area (Å²) >= 11 is 0. The minimum absolute atomic E-state index is 0.494. The van der Waals surface area contributed by atoms with Gasteiger partial charge < -0.3 is 10.2 Å². The summed E-state index contributed by atoms with van der Waals surface area (Å²) in [6.07, 6.45) is 4.63. The van der Waals surface area contributed by atoms with Crippen molar-refractivity contribution in [2.45, 2.75) is 19.8 Å². The fourth-order valence-electron chi connectivity index (χ4n) is 3.83. The SMILES string of the molecule is Cc1cnc(N2CCC3(CCNC3)C2)c2ccccc12. The van der Waals surface area contributed by atoms with E-state index in [2.05, 4.69) is 41.4 Å². The first-order valence-electron chi connectivity index (χ1n) is 7.58. The van der Waals surface area contributed by atoms with Crippen molar-refractivity contribution in [2.75, 3.05) is 31.1 Å². The average Bonchev–Trinajstić information content (AvgIpc) is 3.11. The summed E-state index contributed by atoms with van der Waals surface area (Å²) in [5.74, 6) is 1.18. The second kappa shape index (κ2) is 4.45. The van der Waals surface area contributed by atoms with Crippen LogP contribution in [0.25, 0.3) is 10.8 Å². The van der Waals surface area contributed by atoms with Gasteiger partial charge >= 0.3 is 0 Å². The Hall–Kier alpha value is -1.61. The lowest BCUT2D eigenvalue weighted by molar-refractivity contribution is 0.369. The van der Waals surface area contributed by atoms with E-state index in [1.807, 2.05) is 6.20 Å². The highest BCUT2D eigenvalue weighted by molar-refractivity contribution is 5.94. The van der Waals surface area contributed by atoms with Gasteiger partial charge in [0.1, 0.15) is 5.82 Å². The van der Waals surface area contributed by atoms with Crippen molar-refractivity contribution >= 4 is 16.6 Å². The number of aryl methyl sites for hydroxylation is 1. The topological polar surface area (TPSA) is 28.2 Å². The molecule has 0 aliphatic carbocycles. The predicted octanol–water partition coefficient (Wildman–Crippen LogP) is 2.73. The number of benzene rings is 1. The number of hydrogen-bond donors (Lipinski definition) is 1. The Bertz CT molecular complexity index is 644. The largest absolute Gasteiger partial charge is 0.355 e. The Labute approximate surface area is 120 Å². The van der Waals surface area contributed by atoms with Gasteiger partial charge in [-0.3, -0.25) is 0 Å². The zero-order valence-electron chi connectivity index (χ0n) is 12.0. The van der Waals surface area contributed by atoms with E-state index in [0.717, 1.165) is 13.1 Å². The molecule has 3 heterocycles. The normalized spacial score (nSPS) is 25.9. The number of nitrogens with one attached hydrogen (secondary N) is 1. The van der Waals surface area contributed by atoms with E-state index in [1.54, 1.807) is 0 Å². The van der Waals surface area contributed by atoms with Crippen LogP contribution >= 0.6 is 0 Å². The van der Waals surface area contributed by atoms with Crippen molar-refractivity contribution in [3.8, 4) is 0 Å². The quantitative estimate of drug-likeness (QED) is 0.861. The lowest BCUT2D eigenvalue weighted by Crippen LogP contribution is -2.29. The maximum absolute atomic E-state index is 4.75. The Morgan fingerprint density at radius 1 is 1.20 bits per heavy atom. The Kier molecular flexibility index (Phi) is 2.71. The van der Waals surface area contributed by atoms with Crippen molar-refractivity contribution in [2.24, 2.45) is 5.41 Å². The molecule has 2 fully saturated rings. The molecule has 2 aliphatic rings. The van der Waals surface area contributed by atoms with Crippen LogP contribution in [0, 0.1) is 12.3 Å². The van der Waals surface area contributed by atoms with E-state index in [1.165, 1.54) is 48.1 Å². The molecule has 4 rings (SSSR count). The van der Waals surface area contributed by atoms with Crippen molar-refractivity contribution in [1.29, 1.82) is 0 Å². The Balaban J connectivity index is 1.74. The van der Waals surface area contributed by atoms with Crippen LogP contribution < -0.4 is 10.2 Å². The van der Waals surface area contributed by atoms with Gasteiger partial charge in [0.15, 0.2) is 0 Å². The predicted molar refractivity (Wildman–Crippen MR) is 83.2 cm³/mol. The average molecular weight is 267 g/mol. The van der Waals surface area contributed by atoms with Crippen molar-refractivity contribution < 1.29 is 0 Å². The number of pyridine rings is 1. The summed E-state index contributed by atoms with van der Waals surface area (Å²) in [5.41, 5.74) is 1.76. The summed E-state index contributed by atoms with van der Waals surface area (Å²) in [7, 11) is 0. The van der Waals surface area contributed by atoms with Gasteiger partial charge in [-0.1, -0.05) is 24.3 Å². The molecule has 1 aromatic heterocycles. The Morgan fingerprint density at radius 2 is 2.05 bits per heavy atom. The molecule has 1 N–H and O–H groups in total. The van der Waals surface area contributed by atoms with Gasteiger partial charge in [-0.2, -0.15) is 0 Å². The maximum Gasteiger partial charge on any atom is 0.136 e. The molecule has 1 atom stereocenters. The van der Waals surface area contributed by atoms with Gasteiger partial charge in [-0.25, -0.2) is 4.98 Å². The number of aromatic nitrogens is 1. The first kappa shape index (κ1) is 12.2. The smallest absolute Gasteiger partial charge is 0.136 e. The third-order valence-electron chi connectivity index (χ3n) is 5.04. The molecule has 0 radical (unpaired) electrons. The molecule has 1 unspecified atom stereocenters. The summed E-state index contributed by atoms with van der Waals surface area (Å²) in [6, 6.07) is 8.66.